The number of nitrogens with zero attached hydrogens (tertiary/aromatic N) is 2. The molecule has 152 valence electrons. The Morgan fingerprint density at radius 2 is 1.86 bits per heavy atom. The zero-order valence-corrected chi connectivity index (χ0v) is 16.6. The summed E-state index contributed by atoms with van der Waals surface area (Å²) in [7, 11) is 0. The molecule has 0 unspecified atom stereocenters. The Bertz CT molecular complexity index is 863. The molecule has 0 aliphatic carbocycles. The van der Waals surface area contributed by atoms with Crippen LogP contribution in [0.15, 0.2) is 48.5 Å². The molecule has 2 aromatic carbocycles. The van der Waals surface area contributed by atoms with Gasteiger partial charge in [0.2, 0.25) is 0 Å². The fraction of sp³-hybridized carbons (Fsp3) is 0.391. The van der Waals surface area contributed by atoms with Crippen LogP contribution in [0.2, 0.25) is 0 Å². The summed E-state index contributed by atoms with van der Waals surface area (Å²) in [6.07, 6.45) is 2.49. The number of hydrogen-bond acceptors (Lipinski definition) is 4. The second-order valence-electron chi connectivity index (χ2n) is 7.65. The van der Waals surface area contributed by atoms with E-state index >= 15 is 0 Å². The number of ether oxygens (including phenoxy) is 1. The van der Waals surface area contributed by atoms with Gasteiger partial charge in [-0.15, -0.1) is 0 Å². The lowest BCUT2D eigenvalue weighted by Crippen LogP contribution is -2.33. The van der Waals surface area contributed by atoms with E-state index < -0.39 is 0 Å². The van der Waals surface area contributed by atoms with Gasteiger partial charge in [-0.25, -0.2) is 0 Å². The van der Waals surface area contributed by atoms with Gasteiger partial charge in [-0.2, -0.15) is 0 Å². The van der Waals surface area contributed by atoms with Crippen molar-refractivity contribution in [2.24, 2.45) is 0 Å². The van der Waals surface area contributed by atoms with Gasteiger partial charge in [-0.05, 0) is 49.7 Å². The maximum absolute atomic E-state index is 12.6. The van der Waals surface area contributed by atoms with Crippen molar-refractivity contribution in [3.8, 4) is 5.75 Å². The van der Waals surface area contributed by atoms with E-state index in [1.54, 1.807) is 17.0 Å². The summed E-state index contributed by atoms with van der Waals surface area (Å²) in [5, 5.41) is 3.01. The van der Waals surface area contributed by atoms with E-state index in [1.807, 2.05) is 36.4 Å². The third-order valence-electron chi connectivity index (χ3n) is 5.52. The van der Waals surface area contributed by atoms with E-state index in [0.29, 0.717) is 30.9 Å². The molecule has 1 saturated heterocycles. The number of fused-ring (bicyclic) bond motifs is 1. The van der Waals surface area contributed by atoms with Gasteiger partial charge < -0.3 is 19.9 Å². The second kappa shape index (κ2) is 9.09. The molecule has 6 heteroatoms. The van der Waals surface area contributed by atoms with Crippen LogP contribution in [0.3, 0.4) is 0 Å². The highest BCUT2D eigenvalue weighted by atomic mass is 16.5. The lowest BCUT2D eigenvalue weighted by molar-refractivity contribution is -0.133. The first-order valence-corrected chi connectivity index (χ1v) is 10.3. The molecule has 0 spiro atoms. The molecule has 4 rings (SSSR count). The van der Waals surface area contributed by atoms with Crippen molar-refractivity contribution >= 4 is 11.8 Å². The molecule has 2 amide bonds. The van der Waals surface area contributed by atoms with E-state index in [-0.39, 0.29) is 18.4 Å². The van der Waals surface area contributed by atoms with Crippen molar-refractivity contribution in [1.82, 2.24) is 15.1 Å². The first kappa shape index (κ1) is 19.5. The first-order chi connectivity index (χ1) is 14.2. The normalized spacial score (nSPS) is 16.8. The average molecular weight is 393 g/mol. The Balaban J connectivity index is 1.42. The standard InChI is InChI=1S/C23H27N3O3/c27-22-17-29-21-9-8-19(23(28)24-10-13-25-11-4-5-12-25)14-20(21)16-26(22)15-18-6-2-1-3-7-18/h1-3,6-9,14H,4-5,10-13,15-17H2,(H,24,28). The third kappa shape index (κ3) is 4.95. The van der Waals surface area contributed by atoms with Crippen molar-refractivity contribution in [3.63, 3.8) is 0 Å². The number of carbonyl (C=O) groups is 2. The Labute approximate surface area is 171 Å². The first-order valence-electron chi connectivity index (χ1n) is 10.3. The Morgan fingerprint density at radius 3 is 2.66 bits per heavy atom. The fourth-order valence-corrected chi connectivity index (χ4v) is 3.89. The van der Waals surface area contributed by atoms with Crippen LogP contribution in [0, 0.1) is 0 Å². The predicted molar refractivity (Wildman–Crippen MR) is 111 cm³/mol. The van der Waals surface area contributed by atoms with Crippen LogP contribution in [0.5, 0.6) is 5.75 Å². The molecule has 0 bridgehead atoms. The fourth-order valence-electron chi connectivity index (χ4n) is 3.89. The molecule has 2 heterocycles. The zero-order chi connectivity index (χ0) is 20.1. The smallest absolute Gasteiger partial charge is 0.261 e. The molecule has 29 heavy (non-hydrogen) atoms. The summed E-state index contributed by atoms with van der Waals surface area (Å²) >= 11 is 0. The molecule has 2 aliphatic heterocycles. The van der Waals surface area contributed by atoms with Crippen molar-refractivity contribution in [2.45, 2.75) is 25.9 Å². The second-order valence-corrected chi connectivity index (χ2v) is 7.65. The van der Waals surface area contributed by atoms with Crippen LogP contribution < -0.4 is 10.1 Å². The molecule has 2 aromatic rings. The van der Waals surface area contributed by atoms with Gasteiger partial charge in [-0.1, -0.05) is 30.3 Å². The monoisotopic (exact) mass is 393 g/mol. The third-order valence-corrected chi connectivity index (χ3v) is 5.52. The van der Waals surface area contributed by atoms with E-state index in [2.05, 4.69) is 10.2 Å². The molecule has 1 fully saturated rings. The van der Waals surface area contributed by atoms with Crippen LogP contribution in [0.1, 0.15) is 34.3 Å². The highest BCUT2D eigenvalue weighted by Gasteiger charge is 2.23. The van der Waals surface area contributed by atoms with Crippen molar-refractivity contribution in [2.75, 3.05) is 32.8 Å². The van der Waals surface area contributed by atoms with Gasteiger partial charge in [0.05, 0.1) is 0 Å². The molecular weight excluding hydrogens is 366 g/mol. The Kier molecular flexibility index (Phi) is 6.10. The number of benzene rings is 2. The number of likely N-dealkylation sites (tertiary alicyclic amines) is 1. The minimum absolute atomic E-state index is 0.0151. The molecule has 6 nitrogen and oxygen atoms in total. The average Bonchev–Trinajstić information content (AvgIpc) is 3.21. The van der Waals surface area contributed by atoms with Gasteiger partial charge in [0.1, 0.15) is 5.75 Å². The lowest BCUT2D eigenvalue weighted by Gasteiger charge is -2.20. The topological polar surface area (TPSA) is 61.9 Å². The summed E-state index contributed by atoms with van der Waals surface area (Å²) < 4.78 is 5.68. The van der Waals surface area contributed by atoms with Gasteiger partial charge in [0.25, 0.3) is 11.8 Å². The predicted octanol–water partition coefficient (Wildman–Crippen LogP) is 2.43. The molecule has 1 N–H and O–H groups in total. The van der Waals surface area contributed by atoms with Crippen molar-refractivity contribution in [1.29, 1.82) is 0 Å². The van der Waals surface area contributed by atoms with Crippen molar-refractivity contribution in [3.05, 3.63) is 65.2 Å². The quantitative estimate of drug-likeness (QED) is 0.819. The maximum atomic E-state index is 12.6. The summed E-state index contributed by atoms with van der Waals surface area (Å²) in [4.78, 5) is 29.2. The van der Waals surface area contributed by atoms with Crippen LogP contribution in [0.4, 0.5) is 0 Å². The van der Waals surface area contributed by atoms with Crippen LogP contribution in [-0.4, -0.2) is 54.4 Å². The number of nitrogens with one attached hydrogen (secondary N) is 1. The highest BCUT2D eigenvalue weighted by molar-refractivity contribution is 5.94. The molecule has 0 aromatic heterocycles. The zero-order valence-electron chi connectivity index (χ0n) is 16.6. The number of hydrogen-bond donors (Lipinski definition) is 1. The highest BCUT2D eigenvalue weighted by Crippen LogP contribution is 2.25. The van der Waals surface area contributed by atoms with E-state index in [9.17, 15) is 9.59 Å². The molecular formula is C23H27N3O3. The number of amides is 2. The van der Waals surface area contributed by atoms with Crippen molar-refractivity contribution < 1.29 is 14.3 Å². The molecule has 2 aliphatic rings. The van der Waals surface area contributed by atoms with E-state index in [4.69, 9.17) is 4.74 Å². The van der Waals surface area contributed by atoms with Crippen LogP contribution in [-0.2, 0) is 17.9 Å². The largest absolute Gasteiger partial charge is 0.483 e. The number of rotatable bonds is 6. The van der Waals surface area contributed by atoms with Crippen LogP contribution >= 0.6 is 0 Å². The summed E-state index contributed by atoms with van der Waals surface area (Å²) in [5.41, 5.74) is 2.53. The van der Waals surface area contributed by atoms with Gasteiger partial charge in [0.15, 0.2) is 6.61 Å². The molecule has 0 saturated carbocycles. The maximum Gasteiger partial charge on any atom is 0.261 e. The van der Waals surface area contributed by atoms with Gasteiger partial charge >= 0.3 is 0 Å². The Hall–Kier alpha value is -2.86. The van der Waals surface area contributed by atoms with E-state index in [0.717, 1.165) is 30.8 Å². The minimum atomic E-state index is -0.0859. The molecule has 0 atom stereocenters. The summed E-state index contributed by atoms with van der Waals surface area (Å²) in [6.45, 7) is 4.74. The number of carbonyl (C=O) groups excluding carboxylic acids is 2. The minimum Gasteiger partial charge on any atom is -0.483 e. The van der Waals surface area contributed by atoms with Crippen LogP contribution in [0.25, 0.3) is 0 Å². The van der Waals surface area contributed by atoms with Gasteiger partial charge in [-0.3, -0.25) is 9.59 Å². The van der Waals surface area contributed by atoms with Gasteiger partial charge in [0, 0.05) is 37.3 Å². The SMILES string of the molecule is O=C(NCCN1CCCC1)c1ccc2c(c1)CN(Cc1ccccc1)C(=O)CO2. The molecule has 0 radical (unpaired) electrons. The Morgan fingerprint density at radius 1 is 1.07 bits per heavy atom. The summed E-state index contributed by atoms with van der Waals surface area (Å²) in [6, 6.07) is 15.3. The summed E-state index contributed by atoms with van der Waals surface area (Å²) in [5.74, 6) is 0.529. The van der Waals surface area contributed by atoms with E-state index in [1.165, 1.54) is 12.8 Å². The lowest BCUT2D eigenvalue weighted by atomic mass is 10.1.